The van der Waals surface area contributed by atoms with Crippen molar-refractivity contribution in [3.63, 3.8) is 0 Å². The molecule has 0 aliphatic heterocycles. The average Bonchev–Trinajstić information content (AvgIpc) is 2.48. The number of alkyl halides is 3. The minimum atomic E-state index is -4.39. The second-order valence-corrected chi connectivity index (χ2v) is 4.18. The average molecular weight is 242 g/mol. The van der Waals surface area contributed by atoms with Gasteiger partial charge in [0, 0.05) is 4.90 Å². The second kappa shape index (κ2) is 4.22. The van der Waals surface area contributed by atoms with Crippen molar-refractivity contribution in [1.82, 2.24) is 0 Å². The number of thioether (sulfide) groups is 1. The van der Waals surface area contributed by atoms with Gasteiger partial charge < -0.3 is 4.74 Å². The van der Waals surface area contributed by atoms with Crippen molar-refractivity contribution in [3.8, 4) is 0 Å². The highest BCUT2D eigenvalue weighted by molar-refractivity contribution is 8.00. The molecule has 0 aliphatic rings. The van der Waals surface area contributed by atoms with Crippen LogP contribution in [-0.2, 0) is 4.74 Å². The number of carbonyl (C=O) groups excluding carboxylic acids is 1. The topological polar surface area (TPSA) is 26.3 Å². The van der Waals surface area contributed by atoms with Gasteiger partial charge in [-0.25, -0.2) is 4.79 Å². The lowest BCUT2D eigenvalue weighted by molar-refractivity contribution is -0.0328. The van der Waals surface area contributed by atoms with Gasteiger partial charge >= 0.3 is 11.5 Å². The van der Waals surface area contributed by atoms with E-state index in [4.69, 9.17) is 0 Å². The largest absolute Gasteiger partial charge is 0.465 e. The first-order valence-electron chi connectivity index (χ1n) is 3.35. The van der Waals surface area contributed by atoms with E-state index in [-0.39, 0.29) is 21.5 Å². The van der Waals surface area contributed by atoms with Crippen molar-refractivity contribution in [3.05, 3.63) is 16.3 Å². The third-order valence-electron chi connectivity index (χ3n) is 1.23. The molecule has 1 heterocycles. The Balaban J connectivity index is 2.88. The van der Waals surface area contributed by atoms with Gasteiger partial charge in [-0.05, 0) is 23.2 Å². The predicted octanol–water partition coefficient (Wildman–Crippen LogP) is 3.15. The lowest BCUT2D eigenvalue weighted by Gasteiger charge is -2.04. The van der Waals surface area contributed by atoms with Gasteiger partial charge in [0.1, 0.15) is 4.88 Å². The van der Waals surface area contributed by atoms with E-state index in [1.165, 1.54) is 11.4 Å². The summed E-state index contributed by atoms with van der Waals surface area (Å²) in [6.45, 7) is 0. The molecule has 0 atom stereocenters. The molecule has 78 valence electrons. The first kappa shape index (κ1) is 11.4. The summed E-state index contributed by atoms with van der Waals surface area (Å²) in [6.07, 6.45) is 0. The number of halogens is 3. The zero-order chi connectivity index (χ0) is 10.8. The second-order valence-electron chi connectivity index (χ2n) is 2.15. The molecule has 1 aromatic rings. The maximum absolute atomic E-state index is 12.0. The minimum absolute atomic E-state index is 0.0187. The molecule has 1 aromatic heterocycles. The standard InChI is InChI=1S/C7H5F3O2S2/c1-12-6(11)5-4(2-3-13-5)14-7(8,9)10/h2-3H,1H3. The van der Waals surface area contributed by atoms with E-state index in [1.807, 2.05) is 0 Å². The number of thiophene rings is 1. The Morgan fingerprint density at radius 2 is 2.21 bits per heavy atom. The van der Waals surface area contributed by atoms with E-state index in [9.17, 15) is 18.0 Å². The zero-order valence-corrected chi connectivity index (χ0v) is 8.55. The van der Waals surface area contributed by atoms with E-state index < -0.39 is 11.5 Å². The first-order valence-corrected chi connectivity index (χ1v) is 5.05. The predicted molar refractivity (Wildman–Crippen MR) is 47.6 cm³/mol. The van der Waals surface area contributed by atoms with Gasteiger partial charge in [-0.2, -0.15) is 13.2 Å². The number of hydrogen-bond donors (Lipinski definition) is 0. The van der Waals surface area contributed by atoms with Gasteiger partial charge in [0.05, 0.1) is 7.11 Å². The molecular weight excluding hydrogens is 237 g/mol. The Morgan fingerprint density at radius 3 is 2.71 bits per heavy atom. The van der Waals surface area contributed by atoms with E-state index in [1.54, 1.807) is 0 Å². The number of methoxy groups -OCH3 is 1. The quantitative estimate of drug-likeness (QED) is 0.588. The fraction of sp³-hybridized carbons (Fsp3) is 0.286. The molecule has 0 aromatic carbocycles. The summed E-state index contributed by atoms with van der Waals surface area (Å²) in [4.78, 5) is 10.9. The van der Waals surface area contributed by atoms with Crippen LogP contribution in [0.25, 0.3) is 0 Å². The molecule has 0 bridgehead atoms. The number of ether oxygens (including phenoxy) is 1. The summed E-state index contributed by atoms with van der Waals surface area (Å²) in [6, 6.07) is 1.25. The van der Waals surface area contributed by atoms with Crippen molar-refractivity contribution in [2.45, 2.75) is 10.4 Å². The van der Waals surface area contributed by atoms with Gasteiger partial charge in [0.2, 0.25) is 0 Å². The lowest BCUT2D eigenvalue weighted by Crippen LogP contribution is -2.03. The van der Waals surface area contributed by atoms with Gasteiger partial charge in [-0.1, -0.05) is 0 Å². The number of esters is 1. The van der Waals surface area contributed by atoms with Gasteiger partial charge in [-0.15, -0.1) is 11.3 Å². The van der Waals surface area contributed by atoms with Crippen molar-refractivity contribution < 1.29 is 22.7 Å². The Hall–Kier alpha value is -0.690. The molecule has 14 heavy (non-hydrogen) atoms. The van der Waals surface area contributed by atoms with Crippen molar-refractivity contribution in [2.24, 2.45) is 0 Å². The van der Waals surface area contributed by atoms with Crippen LogP contribution >= 0.6 is 23.1 Å². The Morgan fingerprint density at radius 1 is 1.57 bits per heavy atom. The van der Waals surface area contributed by atoms with Crippen molar-refractivity contribution >= 4 is 29.1 Å². The van der Waals surface area contributed by atoms with Crippen LogP contribution in [-0.4, -0.2) is 18.6 Å². The highest BCUT2D eigenvalue weighted by atomic mass is 32.2. The van der Waals surface area contributed by atoms with E-state index in [0.29, 0.717) is 0 Å². The summed E-state index contributed by atoms with van der Waals surface area (Å²) in [7, 11) is 1.13. The summed E-state index contributed by atoms with van der Waals surface area (Å²) < 4.78 is 40.3. The van der Waals surface area contributed by atoms with Crippen molar-refractivity contribution in [1.29, 1.82) is 0 Å². The molecule has 0 unspecified atom stereocenters. The molecule has 7 heteroatoms. The van der Waals surface area contributed by atoms with Crippen LogP contribution in [0.5, 0.6) is 0 Å². The molecule has 0 N–H and O–H groups in total. The monoisotopic (exact) mass is 242 g/mol. The van der Waals surface area contributed by atoms with Crippen LogP contribution in [0.2, 0.25) is 0 Å². The third-order valence-corrected chi connectivity index (χ3v) is 3.04. The van der Waals surface area contributed by atoms with Crippen LogP contribution in [0.4, 0.5) is 13.2 Å². The van der Waals surface area contributed by atoms with Gasteiger partial charge in [0.15, 0.2) is 0 Å². The third kappa shape index (κ3) is 2.91. The summed E-state index contributed by atoms with van der Waals surface area (Å²) in [5, 5.41) is 1.42. The van der Waals surface area contributed by atoms with Crippen molar-refractivity contribution in [2.75, 3.05) is 7.11 Å². The SMILES string of the molecule is COC(=O)c1sccc1SC(F)(F)F. The number of rotatable bonds is 2. The Kier molecular flexibility index (Phi) is 3.43. The molecule has 0 fully saturated rings. The van der Waals surface area contributed by atoms with E-state index in [2.05, 4.69) is 4.74 Å². The lowest BCUT2D eigenvalue weighted by atomic mass is 10.5. The molecule has 0 radical (unpaired) electrons. The molecule has 2 nitrogen and oxygen atoms in total. The molecule has 0 aliphatic carbocycles. The van der Waals surface area contributed by atoms with E-state index >= 15 is 0 Å². The normalized spacial score (nSPS) is 11.4. The van der Waals surface area contributed by atoms with E-state index in [0.717, 1.165) is 18.4 Å². The first-order chi connectivity index (χ1) is 6.44. The highest BCUT2D eigenvalue weighted by Crippen LogP contribution is 2.40. The fourth-order valence-corrected chi connectivity index (χ4v) is 2.36. The van der Waals surface area contributed by atoms with Gasteiger partial charge in [0.25, 0.3) is 0 Å². The molecule has 0 spiro atoms. The summed E-state index contributed by atoms with van der Waals surface area (Å²) in [5.74, 6) is -0.744. The van der Waals surface area contributed by atoms with Crippen LogP contribution in [0, 0.1) is 0 Å². The number of hydrogen-bond acceptors (Lipinski definition) is 4. The molecule has 0 saturated heterocycles. The molecule has 0 saturated carbocycles. The minimum Gasteiger partial charge on any atom is -0.465 e. The maximum Gasteiger partial charge on any atom is 0.446 e. The Bertz CT molecular complexity index is 332. The maximum atomic E-state index is 12.0. The molecule has 1 rings (SSSR count). The molecule has 0 amide bonds. The van der Waals surface area contributed by atoms with Crippen LogP contribution in [0.1, 0.15) is 9.67 Å². The summed E-state index contributed by atoms with van der Waals surface area (Å²) in [5.41, 5.74) is -4.39. The van der Waals surface area contributed by atoms with Crippen LogP contribution in [0.15, 0.2) is 16.3 Å². The van der Waals surface area contributed by atoms with Gasteiger partial charge in [-0.3, -0.25) is 0 Å². The highest BCUT2D eigenvalue weighted by Gasteiger charge is 2.32. The Labute approximate surface area is 86.1 Å². The van der Waals surface area contributed by atoms with Crippen LogP contribution < -0.4 is 0 Å². The fourth-order valence-electron chi connectivity index (χ4n) is 0.744. The zero-order valence-electron chi connectivity index (χ0n) is 6.92. The summed E-state index contributed by atoms with van der Waals surface area (Å²) >= 11 is 0.615. The number of carbonyl (C=O) groups is 1. The van der Waals surface area contributed by atoms with Crippen LogP contribution in [0.3, 0.4) is 0 Å². The molecular formula is C7H5F3O2S2. The smallest absolute Gasteiger partial charge is 0.446 e.